The summed E-state index contributed by atoms with van der Waals surface area (Å²) in [5.41, 5.74) is 1.26. The van der Waals surface area contributed by atoms with Crippen LogP contribution < -0.4 is 0 Å². The number of H-pyrrole nitrogens is 1. The molecule has 0 saturated carbocycles. The maximum Gasteiger partial charge on any atom is 0.340 e. The summed E-state index contributed by atoms with van der Waals surface area (Å²) >= 11 is 0. The Morgan fingerprint density at radius 2 is 2.40 bits per heavy atom. The van der Waals surface area contributed by atoms with Crippen molar-refractivity contribution in [3.63, 3.8) is 0 Å². The molecule has 3 rings (SSSR count). The van der Waals surface area contributed by atoms with Crippen LogP contribution in [0.1, 0.15) is 36.0 Å². The Balaban J connectivity index is 1.57. The number of aromatic nitrogens is 2. The fraction of sp³-hybridized carbons (Fsp3) is 0.467. The molecule has 1 aromatic heterocycles. The highest BCUT2D eigenvalue weighted by molar-refractivity contribution is 6.02. The normalized spacial score (nSPS) is 19.1. The molecule has 1 aliphatic rings. The lowest BCUT2D eigenvalue weighted by Crippen LogP contribution is -2.21. The highest BCUT2D eigenvalue weighted by Gasteiger charge is 2.16. The van der Waals surface area contributed by atoms with Crippen LogP contribution in [0.25, 0.3) is 10.9 Å². The minimum Gasteiger partial charge on any atom is -0.462 e. The van der Waals surface area contributed by atoms with Gasteiger partial charge < -0.3 is 9.47 Å². The summed E-state index contributed by atoms with van der Waals surface area (Å²) in [6.07, 6.45) is 6.10. The molecule has 0 bridgehead atoms. The second-order valence-corrected chi connectivity index (χ2v) is 5.05. The van der Waals surface area contributed by atoms with E-state index < -0.39 is 0 Å². The van der Waals surface area contributed by atoms with E-state index in [1.165, 1.54) is 6.42 Å². The predicted octanol–water partition coefficient (Wildman–Crippen LogP) is 2.68. The third-order valence-electron chi connectivity index (χ3n) is 3.64. The van der Waals surface area contributed by atoms with E-state index in [9.17, 15) is 4.79 Å². The van der Waals surface area contributed by atoms with Crippen LogP contribution in [0.3, 0.4) is 0 Å². The standard InChI is InChI=1S/C15H18N2O3/c18-15(20-9-7-12-5-1-2-8-19-12)13-6-3-4-11-10-16-17-14(11)13/h3-4,6,10,12H,1-2,5,7-9H2,(H,16,17). The molecule has 1 N–H and O–H groups in total. The van der Waals surface area contributed by atoms with E-state index >= 15 is 0 Å². The van der Waals surface area contributed by atoms with Gasteiger partial charge in [-0.25, -0.2) is 4.79 Å². The highest BCUT2D eigenvalue weighted by atomic mass is 16.5. The van der Waals surface area contributed by atoms with Crippen molar-refractivity contribution in [2.45, 2.75) is 31.8 Å². The summed E-state index contributed by atoms with van der Waals surface area (Å²) in [4.78, 5) is 12.1. The summed E-state index contributed by atoms with van der Waals surface area (Å²) in [7, 11) is 0. The number of hydrogen-bond donors (Lipinski definition) is 1. The molecular formula is C15H18N2O3. The molecule has 1 atom stereocenters. The molecule has 0 amide bonds. The summed E-state index contributed by atoms with van der Waals surface area (Å²) in [5.74, 6) is -0.310. The number of esters is 1. The number of aromatic amines is 1. The monoisotopic (exact) mass is 274 g/mol. The molecule has 2 heterocycles. The molecule has 106 valence electrons. The molecule has 0 aliphatic carbocycles. The summed E-state index contributed by atoms with van der Waals surface area (Å²) in [6.45, 7) is 1.22. The van der Waals surface area contributed by atoms with Crippen LogP contribution in [0.2, 0.25) is 0 Å². The van der Waals surface area contributed by atoms with Gasteiger partial charge in [0.05, 0.1) is 30.0 Å². The van der Waals surface area contributed by atoms with Gasteiger partial charge in [-0.15, -0.1) is 0 Å². The van der Waals surface area contributed by atoms with Crippen LogP contribution in [0.15, 0.2) is 24.4 Å². The van der Waals surface area contributed by atoms with Gasteiger partial charge in [0, 0.05) is 18.4 Å². The van der Waals surface area contributed by atoms with E-state index in [0.29, 0.717) is 12.2 Å². The third kappa shape index (κ3) is 2.82. The van der Waals surface area contributed by atoms with Gasteiger partial charge in [-0.3, -0.25) is 5.10 Å². The first-order valence-corrected chi connectivity index (χ1v) is 7.05. The second-order valence-electron chi connectivity index (χ2n) is 5.05. The lowest BCUT2D eigenvalue weighted by Gasteiger charge is -2.22. The lowest BCUT2D eigenvalue weighted by molar-refractivity contribution is -0.00441. The topological polar surface area (TPSA) is 64.2 Å². The maximum absolute atomic E-state index is 12.1. The number of carbonyl (C=O) groups is 1. The first-order valence-electron chi connectivity index (χ1n) is 7.05. The van der Waals surface area contributed by atoms with Crippen LogP contribution >= 0.6 is 0 Å². The Labute approximate surface area is 117 Å². The third-order valence-corrected chi connectivity index (χ3v) is 3.64. The summed E-state index contributed by atoms with van der Waals surface area (Å²) < 4.78 is 11.0. The number of nitrogens with zero attached hydrogens (tertiary/aromatic N) is 1. The Hall–Kier alpha value is -1.88. The van der Waals surface area contributed by atoms with Gasteiger partial charge in [-0.1, -0.05) is 12.1 Å². The molecule has 2 aromatic rings. The van der Waals surface area contributed by atoms with Crippen LogP contribution in [-0.2, 0) is 9.47 Å². The minimum atomic E-state index is -0.310. The quantitative estimate of drug-likeness (QED) is 0.871. The lowest BCUT2D eigenvalue weighted by atomic mass is 10.1. The number of benzene rings is 1. The molecule has 5 nitrogen and oxygen atoms in total. The number of carbonyl (C=O) groups excluding carboxylic acids is 1. The largest absolute Gasteiger partial charge is 0.462 e. The Morgan fingerprint density at radius 3 is 3.25 bits per heavy atom. The van der Waals surface area contributed by atoms with Gasteiger partial charge in [0.25, 0.3) is 0 Å². The maximum atomic E-state index is 12.1. The number of fused-ring (bicyclic) bond motifs is 1. The number of hydrogen-bond acceptors (Lipinski definition) is 4. The van der Waals surface area contributed by atoms with Crippen LogP contribution in [0, 0.1) is 0 Å². The van der Waals surface area contributed by atoms with E-state index in [0.717, 1.165) is 36.8 Å². The molecule has 20 heavy (non-hydrogen) atoms. The van der Waals surface area contributed by atoms with Crippen molar-refractivity contribution < 1.29 is 14.3 Å². The minimum absolute atomic E-state index is 0.236. The molecule has 1 saturated heterocycles. The van der Waals surface area contributed by atoms with E-state index in [2.05, 4.69) is 10.2 Å². The van der Waals surface area contributed by atoms with Crippen molar-refractivity contribution in [2.75, 3.05) is 13.2 Å². The first-order chi connectivity index (χ1) is 9.84. The zero-order valence-corrected chi connectivity index (χ0v) is 11.3. The smallest absolute Gasteiger partial charge is 0.340 e. The zero-order valence-electron chi connectivity index (χ0n) is 11.3. The van der Waals surface area contributed by atoms with E-state index in [1.54, 1.807) is 12.3 Å². The summed E-state index contributed by atoms with van der Waals surface area (Å²) in [5, 5.41) is 7.69. The van der Waals surface area contributed by atoms with Crippen molar-refractivity contribution >= 4 is 16.9 Å². The SMILES string of the molecule is O=C(OCCC1CCCCO1)c1cccc2cn[nH]c12. The average Bonchev–Trinajstić information content (AvgIpc) is 2.96. The van der Waals surface area contributed by atoms with Crippen LogP contribution in [0.5, 0.6) is 0 Å². The van der Waals surface area contributed by atoms with E-state index in [1.807, 2.05) is 12.1 Å². The number of rotatable bonds is 4. The molecule has 0 spiro atoms. The van der Waals surface area contributed by atoms with Crippen molar-refractivity contribution in [1.82, 2.24) is 10.2 Å². The van der Waals surface area contributed by atoms with Crippen LogP contribution in [0.4, 0.5) is 0 Å². The number of ether oxygens (including phenoxy) is 2. The number of nitrogens with one attached hydrogen (secondary N) is 1. The van der Waals surface area contributed by atoms with Gasteiger partial charge in [-0.2, -0.15) is 5.10 Å². The fourth-order valence-electron chi connectivity index (χ4n) is 2.53. The first kappa shape index (κ1) is 13.1. The Morgan fingerprint density at radius 1 is 1.45 bits per heavy atom. The van der Waals surface area contributed by atoms with Gasteiger partial charge >= 0.3 is 5.97 Å². The molecule has 1 aliphatic heterocycles. The molecule has 5 heteroatoms. The van der Waals surface area contributed by atoms with Crippen molar-refractivity contribution in [3.8, 4) is 0 Å². The second kappa shape index (κ2) is 6.05. The number of para-hydroxylation sites is 1. The molecule has 1 fully saturated rings. The zero-order chi connectivity index (χ0) is 13.8. The highest BCUT2D eigenvalue weighted by Crippen LogP contribution is 2.18. The molecule has 0 radical (unpaired) electrons. The van der Waals surface area contributed by atoms with Crippen molar-refractivity contribution in [2.24, 2.45) is 0 Å². The molecule has 1 unspecified atom stereocenters. The van der Waals surface area contributed by atoms with E-state index in [-0.39, 0.29) is 12.1 Å². The van der Waals surface area contributed by atoms with Gasteiger partial charge in [0.2, 0.25) is 0 Å². The fourth-order valence-corrected chi connectivity index (χ4v) is 2.53. The predicted molar refractivity (Wildman–Crippen MR) is 74.6 cm³/mol. The average molecular weight is 274 g/mol. The van der Waals surface area contributed by atoms with Gasteiger partial charge in [0.15, 0.2) is 0 Å². The van der Waals surface area contributed by atoms with Crippen molar-refractivity contribution in [1.29, 1.82) is 0 Å². The Bertz CT molecular complexity index is 588. The molecular weight excluding hydrogens is 256 g/mol. The molecule has 1 aromatic carbocycles. The van der Waals surface area contributed by atoms with Crippen LogP contribution in [-0.4, -0.2) is 35.5 Å². The van der Waals surface area contributed by atoms with E-state index in [4.69, 9.17) is 9.47 Å². The summed E-state index contributed by atoms with van der Waals surface area (Å²) in [6, 6.07) is 5.49. The van der Waals surface area contributed by atoms with Gasteiger partial charge in [-0.05, 0) is 25.3 Å². The van der Waals surface area contributed by atoms with Gasteiger partial charge in [0.1, 0.15) is 0 Å². The van der Waals surface area contributed by atoms with Crippen molar-refractivity contribution in [3.05, 3.63) is 30.0 Å². The Kier molecular flexibility index (Phi) is 3.97.